The lowest BCUT2D eigenvalue weighted by Crippen LogP contribution is -2.29. The molecule has 2 heterocycles. The van der Waals surface area contributed by atoms with Crippen molar-refractivity contribution in [2.24, 2.45) is 7.05 Å². The Morgan fingerprint density at radius 1 is 0.742 bits per heavy atom. The highest BCUT2D eigenvalue weighted by Gasteiger charge is 2.29. The van der Waals surface area contributed by atoms with Crippen LogP contribution in [0.15, 0.2) is 12.3 Å². The fourth-order valence-corrected chi connectivity index (χ4v) is 5.34. The van der Waals surface area contributed by atoms with Crippen LogP contribution in [-0.4, -0.2) is 21.0 Å². The molecule has 0 radical (unpaired) electrons. The van der Waals surface area contributed by atoms with Gasteiger partial charge in [-0.25, -0.2) is 0 Å². The van der Waals surface area contributed by atoms with Crippen molar-refractivity contribution in [2.75, 3.05) is 21.0 Å². The summed E-state index contributed by atoms with van der Waals surface area (Å²) in [6.45, 7) is 11.1. The summed E-state index contributed by atoms with van der Waals surface area (Å²) in [6.07, 6.45) is 2.16. The molecule has 0 saturated carbocycles. The van der Waals surface area contributed by atoms with E-state index in [1.54, 1.807) is 14.2 Å². The Labute approximate surface area is 182 Å². The first-order valence-corrected chi connectivity index (χ1v) is 10.5. The van der Waals surface area contributed by atoms with E-state index in [-0.39, 0.29) is 6.79 Å². The van der Waals surface area contributed by atoms with Crippen LogP contribution in [-0.2, 0) is 7.05 Å². The summed E-state index contributed by atoms with van der Waals surface area (Å²) in [7, 11) is 5.48. The van der Waals surface area contributed by atoms with Crippen molar-refractivity contribution < 1.29 is 23.5 Å². The molecule has 0 bridgehead atoms. The summed E-state index contributed by atoms with van der Waals surface area (Å²) in [6, 6.07) is 2.11. The first kappa shape index (κ1) is 19.7. The third-order valence-electron chi connectivity index (χ3n) is 7.04. The summed E-state index contributed by atoms with van der Waals surface area (Å²) in [5, 5.41) is 5.94. The lowest BCUT2D eigenvalue weighted by Gasteiger charge is -2.19. The molecule has 1 aromatic heterocycles. The molecule has 0 aliphatic carbocycles. The summed E-state index contributed by atoms with van der Waals surface area (Å²) < 4.78 is 25.3. The number of methoxy groups -OCH3 is 2. The van der Waals surface area contributed by atoms with Gasteiger partial charge < -0.3 is 18.9 Å². The molecular weight excluding hydrogens is 390 g/mol. The number of benzene rings is 3. The summed E-state index contributed by atoms with van der Waals surface area (Å²) in [5.74, 6) is 3.24. The number of rotatable bonds is 2. The molecular formula is C26H28NO4+. The van der Waals surface area contributed by atoms with Gasteiger partial charge in [-0.05, 0) is 68.3 Å². The van der Waals surface area contributed by atoms with Crippen molar-refractivity contribution in [3.8, 4) is 23.0 Å². The zero-order chi connectivity index (χ0) is 22.2. The Bertz CT molecular complexity index is 1440. The van der Waals surface area contributed by atoms with Crippen molar-refractivity contribution in [1.82, 2.24) is 0 Å². The molecule has 3 aromatic carbocycles. The van der Waals surface area contributed by atoms with E-state index in [0.29, 0.717) is 0 Å². The highest BCUT2D eigenvalue weighted by Crippen LogP contribution is 2.48. The Hall–Kier alpha value is -3.21. The Kier molecular flexibility index (Phi) is 4.23. The zero-order valence-electron chi connectivity index (χ0n) is 19.4. The molecule has 5 heteroatoms. The van der Waals surface area contributed by atoms with Crippen LogP contribution in [0.25, 0.3) is 32.4 Å². The highest BCUT2D eigenvalue weighted by molar-refractivity contribution is 6.19. The lowest BCUT2D eigenvalue weighted by atomic mass is 9.88. The van der Waals surface area contributed by atoms with Gasteiger partial charge in [0.2, 0.25) is 12.3 Å². The van der Waals surface area contributed by atoms with Gasteiger partial charge in [0.15, 0.2) is 29.2 Å². The highest BCUT2D eigenvalue weighted by atomic mass is 16.7. The molecule has 1 aliphatic heterocycles. The van der Waals surface area contributed by atoms with Crippen molar-refractivity contribution >= 4 is 32.4 Å². The Balaban J connectivity index is 2.12. The second-order valence-electron chi connectivity index (χ2n) is 8.48. The predicted octanol–water partition coefficient (Wildman–Crippen LogP) is 5.26. The second kappa shape index (κ2) is 6.64. The number of aryl methyl sites for hydroxylation is 5. The summed E-state index contributed by atoms with van der Waals surface area (Å²) >= 11 is 0. The monoisotopic (exact) mass is 418 g/mol. The quantitative estimate of drug-likeness (QED) is 0.329. The number of ether oxygens (including phenoxy) is 4. The van der Waals surface area contributed by atoms with Crippen molar-refractivity contribution in [2.45, 2.75) is 34.6 Å². The summed E-state index contributed by atoms with van der Waals surface area (Å²) in [4.78, 5) is 0. The van der Waals surface area contributed by atoms with Crippen LogP contribution in [0.4, 0.5) is 0 Å². The van der Waals surface area contributed by atoms with Crippen molar-refractivity contribution in [3.63, 3.8) is 0 Å². The number of aromatic nitrogens is 1. The summed E-state index contributed by atoms with van der Waals surface area (Å²) in [5.41, 5.74) is 7.15. The molecule has 160 valence electrons. The molecule has 0 amide bonds. The average Bonchev–Trinajstić information content (AvgIpc) is 3.24. The van der Waals surface area contributed by atoms with E-state index < -0.39 is 0 Å². The fraction of sp³-hybridized carbons (Fsp3) is 0.346. The SMILES string of the molecule is COc1cc2c(c(C)c1OC)c(C)c(C)c1c3c(C)c(C)c4c(c3c[n+](C)c21)OCO4. The maximum absolute atomic E-state index is 5.92. The predicted molar refractivity (Wildman–Crippen MR) is 123 cm³/mol. The first-order valence-electron chi connectivity index (χ1n) is 10.5. The molecule has 0 atom stereocenters. The van der Waals surface area contributed by atoms with Gasteiger partial charge in [0, 0.05) is 10.9 Å². The molecule has 1 aliphatic rings. The van der Waals surface area contributed by atoms with Gasteiger partial charge in [0.05, 0.1) is 30.4 Å². The molecule has 0 N–H and O–H groups in total. The van der Waals surface area contributed by atoms with Crippen LogP contribution in [0.3, 0.4) is 0 Å². The molecule has 0 spiro atoms. The van der Waals surface area contributed by atoms with Gasteiger partial charge >= 0.3 is 0 Å². The van der Waals surface area contributed by atoms with Crippen molar-refractivity contribution in [1.29, 1.82) is 0 Å². The van der Waals surface area contributed by atoms with Gasteiger partial charge in [0.1, 0.15) is 7.05 Å². The topological polar surface area (TPSA) is 40.8 Å². The Morgan fingerprint density at radius 3 is 2.06 bits per heavy atom. The largest absolute Gasteiger partial charge is 0.493 e. The van der Waals surface area contributed by atoms with E-state index in [1.165, 1.54) is 38.4 Å². The van der Waals surface area contributed by atoms with Gasteiger partial charge in [-0.2, -0.15) is 4.57 Å². The minimum atomic E-state index is 0.266. The zero-order valence-corrected chi connectivity index (χ0v) is 19.4. The van der Waals surface area contributed by atoms with Crippen molar-refractivity contribution in [3.05, 3.63) is 40.1 Å². The maximum Gasteiger partial charge on any atom is 0.231 e. The average molecular weight is 419 g/mol. The minimum absolute atomic E-state index is 0.266. The normalized spacial score (nSPS) is 12.9. The van der Waals surface area contributed by atoms with Crippen LogP contribution < -0.4 is 23.5 Å². The number of fused-ring (bicyclic) bond motifs is 7. The molecule has 0 fully saturated rings. The first-order chi connectivity index (χ1) is 14.8. The van der Waals surface area contributed by atoms with E-state index in [1.807, 2.05) is 0 Å². The number of nitrogens with zero attached hydrogens (tertiary/aromatic N) is 1. The lowest BCUT2D eigenvalue weighted by molar-refractivity contribution is -0.642. The molecule has 0 saturated heterocycles. The van der Waals surface area contributed by atoms with Gasteiger partial charge in [-0.1, -0.05) is 0 Å². The van der Waals surface area contributed by atoms with Crippen LogP contribution >= 0.6 is 0 Å². The third kappa shape index (κ3) is 2.40. The van der Waals surface area contributed by atoms with Gasteiger partial charge in [0.25, 0.3) is 0 Å². The molecule has 4 aromatic rings. The van der Waals surface area contributed by atoms with Gasteiger partial charge in [-0.15, -0.1) is 0 Å². The van der Waals surface area contributed by atoms with Gasteiger partial charge in [-0.3, -0.25) is 0 Å². The van der Waals surface area contributed by atoms with E-state index in [9.17, 15) is 0 Å². The van der Waals surface area contributed by atoms with Crippen LogP contribution in [0.2, 0.25) is 0 Å². The maximum atomic E-state index is 5.92. The van der Waals surface area contributed by atoms with E-state index >= 15 is 0 Å². The minimum Gasteiger partial charge on any atom is -0.493 e. The number of pyridine rings is 1. The molecule has 31 heavy (non-hydrogen) atoms. The Morgan fingerprint density at radius 2 is 1.39 bits per heavy atom. The van der Waals surface area contributed by atoms with E-state index in [4.69, 9.17) is 18.9 Å². The van der Waals surface area contributed by atoms with Crippen LogP contribution in [0.5, 0.6) is 23.0 Å². The number of hydrogen-bond donors (Lipinski definition) is 0. The van der Waals surface area contributed by atoms with E-state index in [0.717, 1.165) is 44.9 Å². The standard InChI is InChI=1S/C26H28NO4/c1-12-13(2)22-21-14(3)15(4)25-26(31-11-30-25)18(21)10-27(6)23(22)17-9-19(28-7)24(29-8)16(5)20(12)17/h9-10H,11H2,1-8H3/q+1. The van der Waals surface area contributed by atoms with E-state index in [2.05, 4.69) is 58.5 Å². The smallest absolute Gasteiger partial charge is 0.231 e. The van der Waals surface area contributed by atoms with Crippen LogP contribution in [0.1, 0.15) is 27.8 Å². The molecule has 5 nitrogen and oxygen atoms in total. The molecule has 5 rings (SSSR count). The number of hydrogen-bond acceptors (Lipinski definition) is 4. The molecule has 0 unspecified atom stereocenters. The van der Waals surface area contributed by atoms with Crippen LogP contribution in [0, 0.1) is 34.6 Å². The fourth-order valence-electron chi connectivity index (χ4n) is 5.34. The third-order valence-corrected chi connectivity index (χ3v) is 7.04. The second-order valence-corrected chi connectivity index (χ2v) is 8.48.